The molecule has 2 heterocycles. The third kappa shape index (κ3) is 1.93. The van der Waals surface area contributed by atoms with Crippen LogP contribution in [0.5, 0.6) is 0 Å². The predicted octanol–water partition coefficient (Wildman–Crippen LogP) is 1.62. The van der Waals surface area contributed by atoms with Gasteiger partial charge in [0, 0.05) is 4.88 Å². The number of hydrogen-bond donors (Lipinski definition) is 1. The zero-order valence-corrected chi connectivity index (χ0v) is 12.1. The Kier molecular flexibility index (Phi) is 3.08. The lowest BCUT2D eigenvalue weighted by atomic mass is 9.89. The van der Waals surface area contributed by atoms with E-state index >= 15 is 0 Å². The van der Waals surface area contributed by atoms with Crippen LogP contribution < -0.4 is 5.56 Å². The highest BCUT2D eigenvalue weighted by molar-refractivity contribution is 7.18. The van der Waals surface area contributed by atoms with Crippen LogP contribution in [0.1, 0.15) is 36.8 Å². The lowest BCUT2D eigenvalue weighted by molar-refractivity contribution is -0.140. The molecule has 0 unspecified atom stereocenters. The number of hydrogen-bond acceptors (Lipinski definition) is 5. The second-order valence-electron chi connectivity index (χ2n) is 5.39. The van der Waals surface area contributed by atoms with Gasteiger partial charge in [-0.05, 0) is 37.7 Å². The summed E-state index contributed by atoms with van der Waals surface area (Å²) in [6.07, 6.45) is 2.87. The van der Waals surface area contributed by atoms with E-state index in [1.165, 1.54) is 23.1 Å². The number of aromatic nitrogens is 3. The summed E-state index contributed by atoms with van der Waals surface area (Å²) in [4.78, 5) is 25.4. The molecule has 1 aliphatic carbocycles. The number of nitrogens with zero attached hydrogens (tertiary/aromatic N) is 3. The molecule has 7 heteroatoms. The van der Waals surface area contributed by atoms with Crippen molar-refractivity contribution in [2.75, 3.05) is 0 Å². The van der Waals surface area contributed by atoms with Crippen molar-refractivity contribution in [1.82, 2.24) is 15.0 Å². The quantitative estimate of drug-likeness (QED) is 0.909. The molecule has 3 rings (SSSR count). The van der Waals surface area contributed by atoms with Crippen molar-refractivity contribution in [3.63, 3.8) is 0 Å². The second kappa shape index (κ2) is 4.66. The first-order chi connectivity index (χ1) is 9.49. The molecule has 0 radical (unpaired) electrons. The molecule has 20 heavy (non-hydrogen) atoms. The van der Waals surface area contributed by atoms with Gasteiger partial charge in [-0.3, -0.25) is 4.79 Å². The smallest absolute Gasteiger partial charge is 0.328 e. The Morgan fingerprint density at radius 2 is 2.30 bits per heavy atom. The number of aliphatic carboxylic acids is 1. The Labute approximate surface area is 119 Å². The Hall–Kier alpha value is -1.76. The highest BCUT2D eigenvalue weighted by atomic mass is 32.1. The maximum absolute atomic E-state index is 12.5. The zero-order chi connectivity index (χ0) is 14.4. The van der Waals surface area contributed by atoms with Crippen molar-refractivity contribution in [3.8, 4) is 0 Å². The van der Waals surface area contributed by atoms with Gasteiger partial charge >= 0.3 is 5.97 Å². The van der Waals surface area contributed by atoms with Gasteiger partial charge in [-0.15, -0.1) is 16.4 Å². The van der Waals surface area contributed by atoms with E-state index in [0.717, 1.165) is 29.5 Å². The summed E-state index contributed by atoms with van der Waals surface area (Å²) in [6.45, 7) is 3.63. The molecule has 0 saturated carbocycles. The van der Waals surface area contributed by atoms with Gasteiger partial charge in [-0.2, -0.15) is 4.68 Å². The highest BCUT2D eigenvalue weighted by Crippen LogP contribution is 2.35. The largest absolute Gasteiger partial charge is 0.480 e. The lowest BCUT2D eigenvalue weighted by Gasteiger charge is -2.17. The molecule has 2 aromatic rings. The van der Waals surface area contributed by atoms with Gasteiger partial charge in [-0.25, -0.2) is 4.79 Å². The molecule has 106 valence electrons. The van der Waals surface area contributed by atoms with Crippen LogP contribution in [-0.4, -0.2) is 26.1 Å². The topological polar surface area (TPSA) is 85.1 Å². The van der Waals surface area contributed by atoms with Crippen LogP contribution in [0.2, 0.25) is 0 Å². The van der Waals surface area contributed by atoms with E-state index < -0.39 is 12.0 Å². The van der Waals surface area contributed by atoms with Gasteiger partial charge in [0.25, 0.3) is 5.56 Å². The van der Waals surface area contributed by atoms with Crippen molar-refractivity contribution in [2.24, 2.45) is 5.92 Å². The number of fused-ring (bicyclic) bond motifs is 3. The summed E-state index contributed by atoms with van der Waals surface area (Å²) in [5, 5.41) is 17.4. The lowest BCUT2D eigenvalue weighted by Crippen LogP contribution is -2.31. The van der Waals surface area contributed by atoms with Crippen LogP contribution >= 0.6 is 11.3 Å². The number of carboxylic acids is 1. The number of carbonyl (C=O) groups is 1. The van der Waals surface area contributed by atoms with E-state index in [-0.39, 0.29) is 5.56 Å². The minimum absolute atomic E-state index is 0.336. The van der Waals surface area contributed by atoms with E-state index in [2.05, 4.69) is 17.2 Å². The predicted molar refractivity (Wildman–Crippen MR) is 75.2 cm³/mol. The van der Waals surface area contributed by atoms with Gasteiger partial charge in [0.1, 0.15) is 0 Å². The van der Waals surface area contributed by atoms with Gasteiger partial charge in [0.05, 0.1) is 5.39 Å². The fraction of sp³-hybridized carbons (Fsp3) is 0.538. The normalized spacial score (nSPS) is 19.8. The number of rotatable bonds is 2. The molecular weight excluding hydrogens is 278 g/mol. The maximum atomic E-state index is 12.5. The van der Waals surface area contributed by atoms with E-state index in [0.29, 0.717) is 16.1 Å². The molecule has 2 aromatic heterocycles. The van der Waals surface area contributed by atoms with Crippen LogP contribution in [0.3, 0.4) is 0 Å². The zero-order valence-electron chi connectivity index (χ0n) is 11.3. The SMILES string of the molecule is C[C@@H]1CCc2c(sc3nnn([C@@H](C)C(=O)O)c(=O)c23)C1. The molecule has 0 aliphatic heterocycles. The molecule has 0 saturated heterocycles. The Bertz CT molecular complexity index is 749. The average Bonchev–Trinajstić information content (AvgIpc) is 2.76. The first kappa shape index (κ1) is 13.2. The van der Waals surface area contributed by atoms with Crippen LogP contribution in [0.4, 0.5) is 0 Å². The molecule has 1 N–H and O–H groups in total. The molecule has 1 aliphatic rings. The summed E-state index contributed by atoms with van der Waals surface area (Å²) < 4.78 is 0.968. The highest BCUT2D eigenvalue weighted by Gasteiger charge is 2.25. The average molecular weight is 293 g/mol. The monoisotopic (exact) mass is 293 g/mol. The van der Waals surface area contributed by atoms with E-state index in [4.69, 9.17) is 5.11 Å². The van der Waals surface area contributed by atoms with Crippen LogP contribution in [-0.2, 0) is 17.6 Å². The van der Waals surface area contributed by atoms with E-state index in [1.807, 2.05) is 0 Å². The number of carboxylic acid groups (broad SMARTS) is 1. The number of thiophene rings is 1. The molecule has 0 fully saturated rings. The number of aryl methyl sites for hydroxylation is 1. The minimum Gasteiger partial charge on any atom is -0.480 e. The summed E-state index contributed by atoms with van der Waals surface area (Å²) in [5.41, 5.74) is 0.714. The molecule has 0 spiro atoms. The van der Waals surface area contributed by atoms with Gasteiger partial charge < -0.3 is 5.11 Å². The molecule has 0 aromatic carbocycles. The van der Waals surface area contributed by atoms with E-state index in [9.17, 15) is 9.59 Å². The first-order valence-electron chi connectivity index (χ1n) is 6.61. The van der Waals surface area contributed by atoms with Crippen molar-refractivity contribution in [2.45, 2.75) is 39.2 Å². The molecule has 6 nitrogen and oxygen atoms in total. The fourth-order valence-electron chi connectivity index (χ4n) is 2.63. The standard InChI is InChI=1S/C13H15N3O3S/c1-6-3-4-8-9(5-6)20-11-10(8)12(17)16(15-14-11)7(2)13(18)19/h6-7H,3-5H2,1-2H3,(H,18,19)/t6-,7+/m1/s1. The summed E-state index contributed by atoms with van der Waals surface area (Å²) in [7, 11) is 0. The molecule has 0 amide bonds. The Balaban J connectivity index is 2.23. The summed E-state index contributed by atoms with van der Waals surface area (Å²) in [5.74, 6) is -0.470. The van der Waals surface area contributed by atoms with Gasteiger partial charge in [0.2, 0.25) is 0 Å². The van der Waals surface area contributed by atoms with Crippen LogP contribution in [0, 0.1) is 5.92 Å². The Morgan fingerprint density at radius 3 is 3.00 bits per heavy atom. The molecule has 0 bridgehead atoms. The third-order valence-corrected chi connectivity index (χ3v) is 5.01. The first-order valence-corrected chi connectivity index (χ1v) is 7.43. The van der Waals surface area contributed by atoms with Crippen molar-refractivity contribution < 1.29 is 9.90 Å². The second-order valence-corrected chi connectivity index (χ2v) is 6.47. The maximum Gasteiger partial charge on any atom is 0.328 e. The van der Waals surface area contributed by atoms with Crippen LogP contribution in [0.15, 0.2) is 4.79 Å². The van der Waals surface area contributed by atoms with E-state index in [1.54, 1.807) is 0 Å². The molecular formula is C13H15N3O3S. The van der Waals surface area contributed by atoms with Crippen molar-refractivity contribution in [1.29, 1.82) is 0 Å². The third-order valence-electron chi connectivity index (χ3n) is 3.87. The van der Waals surface area contributed by atoms with Gasteiger partial charge in [-0.1, -0.05) is 12.1 Å². The molecule has 2 atom stereocenters. The van der Waals surface area contributed by atoms with Gasteiger partial charge in [0.15, 0.2) is 10.9 Å². The van der Waals surface area contributed by atoms with Crippen molar-refractivity contribution >= 4 is 27.5 Å². The van der Waals surface area contributed by atoms with Crippen molar-refractivity contribution in [3.05, 3.63) is 20.8 Å². The fourth-order valence-corrected chi connectivity index (χ4v) is 3.95. The minimum atomic E-state index is -1.08. The summed E-state index contributed by atoms with van der Waals surface area (Å²) in [6, 6.07) is -1.00. The Morgan fingerprint density at radius 1 is 1.55 bits per heavy atom. The summed E-state index contributed by atoms with van der Waals surface area (Å²) >= 11 is 1.51. The van der Waals surface area contributed by atoms with Crippen LogP contribution in [0.25, 0.3) is 10.2 Å².